The van der Waals surface area contributed by atoms with Crippen molar-refractivity contribution in [1.82, 2.24) is 15.0 Å². The molecule has 4 aromatic rings. The number of ether oxygens (including phenoxy) is 1. The van der Waals surface area contributed by atoms with Gasteiger partial charge in [0.1, 0.15) is 17.9 Å². The molecule has 0 atom stereocenters. The second-order valence-corrected chi connectivity index (χ2v) is 7.17. The molecule has 29 heavy (non-hydrogen) atoms. The molecule has 1 N–H and O–H groups in total. The maximum atomic E-state index is 13.1. The van der Waals surface area contributed by atoms with Crippen LogP contribution in [0.25, 0.3) is 10.2 Å². The first-order chi connectivity index (χ1) is 14.2. The number of thiazole rings is 1. The van der Waals surface area contributed by atoms with E-state index in [0.717, 1.165) is 33.1 Å². The van der Waals surface area contributed by atoms with E-state index in [1.165, 1.54) is 23.5 Å². The minimum Gasteiger partial charge on any atom is -0.493 e. The van der Waals surface area contributed by atoms with Crippen LogP contribution in [-0.4, -0.2) is 34.9 Å². The molecular weight excluding hydrogens is 391 g/mol. The molecule has 8 heteroatoms. The molecule has 0 bridgehead atoms. The first kappa shape index (κ1) is 20.5. The molecule has 0 saturated carbocycles. The Kier molecular flexibility index (Phi) is 7.29. The number of hydrogen-bond acceptors (Lipinski definition) is 6. The van der Waals surface area contributed by atoms with Crippen molar-refractivity contribution in [1.29, 1.82) is 0 Å². The zero-order chi connectivity index (χ0) is 20.5. The fourth-order valence-electron chi connectivity index (χ4n) is 2.49. The number of imidazole rings is 1. The quantitative estimate of drug-likeness (QED) is 0.359. The number of aromatic nitrogens is 3. The number of hydrogen-bond donors (Lipinski definition) is 1. The van der Waals surface area contributed by atoms with Gasteiger partial charge in [-0.1, -0.05) is 29.5 Å². The van der Waals surface area contributed by atoms with Crippen molar-refractivity contribution in [3.8, 4) is 5.75 Å². The molecule has 2 aromatic carbocycles. The largest absolute Gasteiger partial charge is 0.493 e. The highest BCUT2D eigenvalue weighted by Crippen LogP contribution is 2.29. The lowest BCUT2D eigenvalue weighted by atomic mass is 10.3. The van der Waals surface area contributed by atoms with Gasteiger partial charge in [0.25, 0.3) is 0 Å². The molecule has 0 unspecified atom stereocenters. The summed E-state index contributed by atoms with van der Waals surface area (Å²) in [7, 11) is 1.95. The highest BCUT2D eigenvalue weighted by molar-refractivity contribution is 7.22. The second-order valence-electron chi connectivity index (χ2n) is 6.16. The molecule has 4 rings (SSSR count). The third-order valence-corrected chi connectivity index (χ3v) is 5.01. The summed E-state index contributed by atoms with van der Waals surface area (Å²) in [6, 6.07) is 14.1. The van der Waals surface area contributed by atoms with Crippen molar-refractivity contribution < 1.29 is 13.9 Å². The number of aromatic amines is 1. The van der Waals surface area contributed by atoms with E-state index in [1.54, 1.807) is 18.6 Å². The van der Waals surface area contributed by atoms with Crippen LogP contribution in [0.1, 0.15) is 12.1 Å². The molecule has 0 saturated heterocycles. The number of benzene rings is 2. The summed E-state index contributed by atoms with van der Waals surface area (Å²) < 4.78 is 19.2. The van der Waals surface area contributed by atoms with Crippen molar-refractivity contribution in [2.45, 2.75) is 13.0 Å². The molecule has 0 aliphatic carbocycles. The lowest BCUT2D eigenvalue weighted by molar-refractivity contribution is -0.108. The molecule has 0 fully saturated rings. The Morgan fingerprint density at radius 3 is 2.79 bits per heavy atom. The molecule has 0 aliphatic heterocycles. The highest BCUT2D eigenvalue weighted by atomic mass is 32.1. The first-order valence-electron chi connectivity index (χ1n) is 9.01. The van der Waals surface area contributed by atoms with Crippen molar-refractivity contribution >= 4 is 33.0 Å². The molecule has 2 aromatic heterocycles. The number of H-pyrrole nitrogens is 1. The van der Waals surface area contributed by atoms with Crippen molar-refractivity contribution in [2.24, 2.45) is 0 Å². The summed E-state index contributed by atoms with van der Waals surface area (Å²) in [6.45, 7) is 1.16. The molecule has 2 heterocycles. The predicted molar refractivity (Wildman–Crippen MR) is 113 cm³/mol. The van der Waals surface area contributed by atoms with Crippen LogP contribution in [0.4, 0.5) is 9.52 Å². The maximum Gasteiger partial charge on any atom is 0.186 e. The van der Waals surface area contributed by atoms with Crippen LogP contribution >= 0.6 is 11.3 Å². The SMILES string of the molecule is CN(Cc1cnc[nH]1)c1nc2ccc(F)cc2s1.O=CCCOc1ccccc1. The number of carbonyl (C=O) groups excluding carboxylic acids is 1. The van der Waals surface area contributed by atoms with Gasteiger partial charge in [0.05, 0.1) is 35.4 Å². The minimum atomic E-state index is -0.228. The second kappa shape index (κ2) is 10.3. The van der Waals surface area contributed by atoms with Gasteiger partial charge < -0.3 is 19.4 Å². The van der Waals surface area contributed by atoms with Gasteiger partial charge in [-0.3, -0.25) is 0 Å². The van der Waals surface area contributed by atoms with E-state index in [2.05, 4.69) is 15.0 Å². The Bertz CT molecular complexity index is 1020. The summed E-state index contributed by atoms with van der Waals surface area (Å²) >= 11 is 1.48. The first-order valence-corrected chi connectivity index (χ1v) is 9.83. The molecule has 0 amide bonds. The van der Waals surface area contributed by atoms with Gasteiger partial charge in [-0.15, -0.1) is 0 Å². The van der Waals surface area contributed by atoms with Gasteiger partial charge in [0.2, 0.25) is 0 Å². The molecular formula is C21H21FN4O2S. The Hall–Kier alpha value is -3.26. The average molecular weight is 412 g/mol. The van der Waals surface area contributed by atoms with Gasteiger partial charge in [-0.05, 0) is 30.3 Å². The molecule has 0 spiro atoms. The Morgan fingerprint density at radius 2 is 2.07 bits per heavy atom. The lowest BCUT2D eigenvalue weighted by Gasteiger charge is -2.13. The van der Waals surface area contributed by atoms with Crippen molar-refractivity contribution in [3.63, 3.8) is 0 Å². The van der Waals surface area contributed by atoms with Crippen LogP contribution in [0.5, 0.6) is 5.75 Å². The van der Waals surface area contributed by atoms with E-state index in [1.807, 2.05) is 42.3 Å². The number of anilines is 1. The molecule has 6 nitrogen and oxygen atoms in total. The number of nitrogens with one attached hydrogen (secondary N) is 1. The van der Waals surface area contributed by atoms with E-state index < -0.39 is 0 Å². The van der Waals surface area contributed by atoms with Crippen LogP contribution in [-0.2, 0) is 11.3 Å². The van der Waals surface area contributed by atoms with E-state index in [0.29, 0.717) is 19.6 Å². The van der Waals surface area contributed by atoms with Crippen LogP contribution in [0.3, 0.4) is 0 Å². The minimum absolute atomic E-state index is 0.228. The summed E-state index contributed by atoms with van der Waals surface area (Å²) in [5.74, 6) is 0.586. The maximum absolute atomic E-state index is 13.1. The Morgan fingerprint density at radius 1 is 1.24 bits per heavy atom. The third-order valence-electron chi connectivity index (χ3n) is 3.88. The predicted octanol–water partition coefficient (Wildman–Crippen LogP) is 4.45. The number of fused-ring (bicyclic) bond motifs is 1. The summed E-state index contributed by atoms with van der Waals surface area (Å²) in [6.07, 6.45) is 4.73. The molecule has 150 valence electrons. The number of nitrogens with zero attached hydrogens (tertiary/aromatic N) is 3. The van der Waals surface area contributed by atoms with E-state index in [9.17, 15) is 9.18 Å². The number of para-hydroxylation sites is 1. The Balaban J connectivity index is 0.000000188. The molecule has 0 aliphatic rings. The van der Waals surface area contributed by atoms with Gasteiger partial charge in [-0.25, -0.2) is 14.4 Å². The van der Waals surface area contributed by atoms with E-state index >= 15 is 0 Å². The number of aldehydes is 1. The summed E-state index contributed by atoms with van der Waals surface area (Å²) in [5, 5.41) is 0.866. The smallest absolute Gasteiger partial charge is 0.186 e. The summed E-state index contributed by atoms with van der Waals surface area (Å²) in [5.41, 5.74) is 1.84. The third kappa shape index (κ3) is 6.11. The lowest BCUT2D eigenvalue weighted by Crippen LogP contribution is -2.16. The fourth-order valence-corrected chi connectivity index (χ4v) is 3.44. The summed E-state index contributed by atoms with van der Waals surface area (Å²) in [4.78, 5) is 23.4. The van der Waals surface area contributed by atoms with Gasteiger partial charge >= 0.3 is 0 Å². The van der Waals surface area contributed by atoms with Crippen LogP contribution < -0.4 is 9.64 Å². The Labute approximate surface area is 172 Å². The normalized spacial score (nSPS) is 10.3. The van der Waals surface area contributed by atoms with E-state index in [4.69, 9.17) is 4.74 Å². The number of carbonyl (C=O) groups is 1. The monoisotopic (exact) mass is 412 g/mol. The number of rotatable bonds is 7. The topological polar surface area (TPSA) is 71.1 Å². The van der Waals surface area contributed by atoms with Gasteiger partial charge in [-0.2, -0.15) is 0 Å². The zero-order valence-corrected chi connectivity index (χ0v) is 16.7. The zero-order valence-electron chi connectivity index (χ0n) is 15.9. The fraction of sp³-hybridized carbons (Fsp3) is 0.190. The van der Waals surface area contributed by atoms with Crippen LogP contribution in [0, 0.1) is 5.82 Å². The highest BCUT2D eigenvalue weighted by Gasteiger charge is 2.10. The van der Waals surface area contributed by atoms with Crippen LogP contribution in [0.2, 0.25) is 0 Å². The number of halogens is 1. The van der Waals surface area contributed by atoms with Crippen molar-refractivity contribution in [2.75, 3.05) is 18.6 Å². The van der Waals surface area contributed by atoms with Gasteiger partial charge in [0.15, 0.2) is 5.13 Å². The standard InChI is InChI=1S/C12H11FN4S.C9H10O2/c1-17(6-9-5-14-7-15-9)12-16-10-3-2-8(13)4-11(10)18-12;10-7-4-8-11-9-5-2-1-3-6-9/h2-5,7H,6H2,1H3,(H,14,15);1-3,5-7H,4,8H2. The average Bonchev–Trinajstić information content (AvgIpc) is 3.39. The van der Waals surface area contributed by atoms with Crippen LogP contribution in [0.15, 0.2) is 61.1 Å². The van der Waals surface area contributed by atoms with E-state index in [-0.39, 0.29) is 5.82 Å². The van der Waals surface area contributed by atoms with Gasteiger partial charge in [0, 0.05) is 19.7 Å². The van der Waals surface area contributed by atoms with Crippen molar-refractivity contribution in [3.05, 3.63) is 72.6 Å². The molecule has 0 radical (unpaired) electrons.